The molecule has 132 valence electrons. The highest BCUT2D eigenvalue weighted by atomic mass is 16.3. The molecular formula is C18H24N6O. The zero-order valence-electron chi connectivity index (χ0n) is 14.7. The topological polar surface area (TPSA) is 71.5 Å². The molecular weight excluding hydrogens is 316 g/mol. The van der Waals surface area contributed by atoms with Gasteiger partial charge < -0.3 is 5.11 Å². The Morgan fingerprint density at radius 3 is 3.00 bits per heavy atom. The summed E-state index contributed by atoms with van der Waals surface area (Å²) in [4.78, 5) is 2.28. The van der Waals surface area contributed by atoms with Crippen molar-refractivity contribution >= 4 is 5.52 Å². The zero-order chi connectivity index (χ0) is 17.4. The first-order valence-corrected chi connectivity index (χ1v) is 8.83. The predicted molar refractivity (Wildman–Crippen MR) is 94.0 cm³/mol. The zero-order valence-corrected chi connectivity index (χ0v) is 14.7. The molecule has 7 nitrogen and oxygen atoms in total. The van der Waals surface area contributed by atoms with E-state index in [-0.39, 0.29) is 6.04 Å². The van der Waals surface area contributed by atoms with Crippen molar-refractivity contribution < 1.29 is 5.11 Å². The van der Waals surface area contributed by atoms with E-state index in [9.17, 15) is 5.11 Å². The van der Waals surface area contributed by atoms with E-state index >= 15 is 0 Å². The van der Waals surface area contributed by atoms with Crippen LogP contribution in [0.15, 0.2) is 36.8 Å². The number of fused-ring (bicyclic) bond motifs is 1. The Morgan fingerprint density at radius 1 is 1.32 bits per heavy atom. The van der Waals surface area contributed by atoms with E-state index in [1.807, 2.05) is 35.2 Å². The smallest absolute Gasteiger partial charge is 0.123 e. The van der Waals surface area contributed by atoms with Crippen LogP contribution >= 0.6 is 0 Å². The fraction of sp³-hybridized carbons (Fsp3) is 0.500. The van der Waals surface area contributed by atoms with Crippen molar-refractivity contribution in [2.24, 2.45) is 0 Å². The van der Waals surface area contributed by atoms with E-state index in [0.29, 0.717) is 12.2 Å². The molecule has 1 atom stereocenters. The lowest BCUT2D eigenvalue weighted by Crippen LogP contribution is -2.45. The number of β-amino-alcohol motifs (C(OH)–C–C–N with tert-alkyl or cyclic N) is 1. The number of hydrogen-bond donors (Lipinski definition) is 1. The third-order valence-corrected chi connectivity index (χ3v) is 4.97. The minimum atomic E-state index is -0.936. The molecule has 1 aliphatic heterocycles. The van der Waals surface area contributed by atoms with Gasteiger partial charge in [-0.1, -0.05) is 11.3 Å². The Labute approximate surface area is 146 Å². The monoisotopic (exact) mass is 340 g/mol. The van der Waals surface area contributed by atoms with Crippen molar-refractivity contribution in [3.8, 4) is 0 Å². The minimum absolute atomic E-state index is 0.239. The molecule has 0 bridgehead atoms. The van der Waals surface area contributed by atoms with E-state index in [2.05, 4.69) is 40.2 Å². The van der Waals surface area contributed by atoms with Crippen molar-refractivity contribution in [2.45, 2.75) is 44.9 Å². The lowest BCUT2D eigenvalue weighted by molar-refractivity contribution is -0.0413. The van der Waals surface area contributed by atoms with Crippen molar-refractivity contribution in [3.05, 3.63) is 48.0 Å². The van der Waals surface area contributed by atoms with E-state index < -0.39 is 5.60 Å². The van der Waals surface area contributed by atoms with Crippen LogP contribution in [0, 0.1) is 0 Å². The van der Waals surface area contributed by atoms with Crippen molar-refractivity contribution in [3.63, 3.8) is 0 Å². The highest BCUT2D eigenvalue weighted by molar-refractivity contribution is 5.53. The molecule has 1 unspecified atom stereocenters. The number of rotatable bonds is 4. The van der Waals surface area contributed by atoms with Gasteiger partial charge in [-0.15, -0.1) is 5.10 Å². The summed E-state index contributed by atoms with van der Waals surface area (Å²) in [5.74, 6) is 0. The maximum absolute atomic E-state index is 11.2. The fourth-order valence-corrected chi connectivity index (χ4v) is 3.56. The fourth-order valence-electron chi connectivity index (χ4n) is 3.56. The van der Waals surface area contributed by atoms with Gasteiger partial charge in [-0.25, -0.2) is 9.20 Å². The maximum atomic E-state index is 11.2. The van der Waals surface area contributed by atoms with Crippen LogP contribution in [0.1, 0.15) is 44.0 Å². The van der Waals surface area contributed by atoms with Gasteiger partial charge in [0.1, 0.15) is 11.3 Å². The molecule has 0 aliphatic carbocycles. The first-order valence-electron chi connectivity index (χ1n) is 8.83. The number of pyridine rings is 1. The standard InChI is InChI=1S/C18H24N6O/c1-14(2)24-12-17(20-21-24)18(25)7-5-8-22(13-18)11-15-10-19-23-9-4-3-6-16(15)23/h3-4,6,9-10,12,14,25H,5,7-8,11,13H2,1-2H3. The molecule has 0 amide bonds. The summed E-state index contributed by atoms with van der Waals surface area (Å²) in [5, 5.41) is 24.0. The highest BCUT2D eigenvalue weighted by Gasteiger charge is 2.37. The summed E-state index contributed by atoms with van der Waals surface area (Å²) in [6.45, 7) is 6.41. The van der Waals surface area contributed by atoms with Crippen LogP contribution in [0.4, 0.5) is 0 Å². The SMILES string of the molecule is CC(C)n1cc(C2(O)CCCN(Cc3cnn4ccccc34)C2)nn1. The molecule has 3 aromatic heterocycles. The van der Waals surface area contributed by atoms with Crippen LogP contribution in [0.3, 0.4) is 0 Å². The van der Waals surface area contributed by atoms with Gasteiger partial charge in [0.15, 0.2) is 0 Å². The third-order valence-electron chi connectivity index (χ3n) is 4.97. The average Bonchev–Trinajstić information content (AvgIpc) is 3.23. The Balaban J connectivity index is 1.54. The molecule has 1 aliphatic rings. The van der Waals surface area contributed by atoms with Crippen LogP contribution in [0.2, 0.25) is 0 Å². The van der Waals surface area contributed by atoms with Gasteiger partial charge in [0.2, 0.25) is 0 Å². The summed E-state index contributed by atoms with van der Waals surface area (Å²) < 4.78 is 3.69. The Kier molecular flexibility index (Phi) is 4.05. The van der Waals surface area contributed by atoms with Crippen molar-refractivity contribution in [2.75, 3.05) is 13.1 Å². The van der Waals surface area contributed by atoms with E-state index in [4.69, 9.17) is 0 Å². The molecule has 25 heavy (non-hydrogen) atoms. The average molecular weight is 340 g/mol. The summed E-state index contributed by atoms with van der Waals surface area (Å²) >= 11 is 0. The summed E-state index contributed by atoms with van der Waals surface area (Å²) in [6.07, 6.45) is 7.40. The largest absolute Gasteiger partial charge is 0.382 e. The van der Waals surface area contributed by atoms with Crippen molar-refractivity contribution in [1.29, 1.82) is 0 Å². The summed E-state index contributed by atoms with van der Waals surface area (Å²) in [7, 11) is 0. The van der Waals surface area contributed by atoms with Crippen LogP contribution in [-0.2, 0) is 12.1 Å². The third kappa shape index (κ3) is 3.05. The normalized spacial score (nSPS) is 22.1. The number of hydrogen-bond acceptors (Lipinski definition) is 5. The van der Waals surface area contributed by atoms with Crippen LogP contribution in [0.5, 0.6) is 0 Å². The molecule has 0 radical (unpaired) electrons. The predicted octanol–water partition coefficient (Wildman–Crippen LogP) is 1.99. The Morgan fingerprint density at radius 2 is 2.20 bits per heavy atom. The second-order valence-electron chi connectivity index (χ2n) is 7.22. The second kappa shape index (κ2) is 6.24. The lowest BCUT2D eigenvalue weighted by atomic mass is 9.90. The van der Waals surface area contributed by atoms with Gasteiger partial charge >= 0.3 is 0 Å². The van der Waals surface area contributed by atoms with E-state index in [0.717, 1.165) is 31.4 Å². The van der Waals surface area contributed by atoms with Gasteiger partial charge in [0, 0.05) is 30.9 Å². The Hall–Kier alpha value is -2.25. The summed E-state index contributed by atoms with van der Waals surface area (Å²) in [5.41, 5.74) is 2.03. The molecule has 4 rings (SSSR count). The molecule has 0 saturated carbocycles. The summed E-state index contributed by atoms with van der Waals surface area (Å²) in [6, 6.07) is 6.31. The number of aliphatic hydroxyl groups is 1. The molecule has 0 aromatic carbocycles. The van der Waals surface area contributed by atoms with E-state index in [1.54, 1.807) is 4.68 Å². The molecule has 3 aromatic rings. The maximum Gasteiger partial charge on any atom is 0.123 e. The van der Waals surface area contributed by atoms with Crippen LogP contribution in [-0.4, -0.2) is 47.7 Å². The molecule has 7 heteroatoms. The minimum Gasteiger partial charge on any atom is -0.382 e. The molecule has 1 fully saturated rings. The first-order chi connectivity index (χ1) is 12.0. The van der Waals surface area contributed by atoms with Crippen LogP contribution < -0.4 is 0 Å². The molecule has 1 N–H and O–H groups in total. The van der Waals surface area contributed by atoms with Gasteiger partial charge in [-0.05, 0) is 45.4 Å². The first kappa shape index (κ1) is 16.2. The second-order valence-corrected chi connectivity index (χ2v) is 7.22. The van der Waals surface area contributed by atoms with Crippen LogP contribution in [0.25, 0.3) is 5.52 Å². The number of piperidine rings is 1. The van der Waals surface area contributed by atoms with Gasteiger partial charge in [0.25, 0.3) is 0 Å². The lowest BCUT2D eigenvalue weighted by Gasteiger charge is -2.37. The number of nitrogens with zero attached hydrogens (tertiary/aromatic N) is 6. The van der Waals surface area contributed by atoms with Gasteiger partial charge in [-0.2, -0.15) is 5.10 Å². The number of likely N-dealkylation sites (tertiary alicyclic amines) is 1. The quantitative estimate of drug-likeness (QED) is 0.786. The molecule has 4 heterocycles. The Bertz CT molecular complexity index is 869. The van der Waals surface area contributed by atoms with Gasteiger partial charge in [0.05, 0.1) is 17.9 Å². The van der Waals surface area contributed by atoms with Crippen molar-refractivity contribution in [1.82, 2.24) is 29.5 Å². The molecule has 1 saturated heterocycles. The number of aromatic nitrogens is 5. The highest BCUT2D eigenvalue weighted by Crippen LogP contribution is 2.31. The molecule has 0 spiro atoms. The van der Waals surface area contributed by atoms with E-state index in [1.165, 1.54) is 5.56 Å². The van der Waals surface area contributed by atoms with Gasteiger partial charge in [-0.3, -0.25) is 4.90 Å².